The van der Waals surface area contributed by atoms with Crippen LogP contribution in [0.2, 0.25) is 0 Å². The predicted molar refractivity (Wildman–Crippen MR) is 105 cm³/mol. The van der Waals surface area contributed by atoms with Gasteiger partial charge in [-0.25, -0.2) is 19.3 Å². The fourth-order valence-corrected chi connectivity index (χ4v) is 9.83. The third kappa shape index (κ3) is 5.64. The molecule has 1 aliphatic rings. The van der Waals surface area contributed by atoms with Crippen LogP contribution in [0.1, 0.15) is 6.23 Å². The lowest BCUT2D eigenvalue weighted by atomic mass is 10.1. The largest absolute Gasteiger partial charge is 0.387 e. The molecule has 1 fully saturated rings. The first kappa shape index (κ1) is 24.1. The van der Waals surface area contributed by atoms with Crippen molar-refractivity contribution >= 4 is 39.3 Å². The molecule has 2 aromatic heterocycles. The van der Waals surface area contributed by atoms with E-state index >= 15 is 0 Å². The van der Waals surface area contributed by atoms with Crippen molar-refractivity contribution < 1.29 is 47.5 Å². The summed E-state index contributed by atoms with van der Waals surface area (Å²) in [6, 6.07) is 0. The van der Waals surface area contributed by atoms with E-state index in [4.69, 9.17) is 20.3 Å². The third-order valence-electron chi connectivity index (χ3n) is 4.23. The van der Waals surface area contributed by atoms with E-state index in [1.54, 1.807) is 0 Å². The number of ether oxygens (including phenoxy) is 1. The number of imidazole rings is 1. The zero-order valence-electron chi connectivity index (χ0n) is 15.5. The van der Waals surface area contributed by atoms with Crippen LogP contribution < -0.4 is 5.73 Å². The zero-order valence-corrected chi connectivity index (χ0v) is 18.2. The van der Waals surface area contributed by atoms with Crippen molar-refractivity contribution in [1.29, 1.82) is 0 Å². The molecule has 3 rings (SSSR count). The molecule has 1 saturated heterocycles. The molecule has 0 radical (unpaired) electrons. The molecule has 0 spiro atoms. The molecule has 6 atom stereocenters. The average Bonchev–Trinajstić information content (AvgIpc) is 3.13. The highest BCUT2D eigenvalue weighted by Crippen LogP contribution is 2.63. The molecule has 0 saturated carbocycles. The highest BCUT2D eigenvalue weighted by molar-refractivity contribution is 7.81. The molecule has 2 aromatic rings. The molecule has 1 aliphatic heterocycles. The van der Waals surface area contributed by atoms with Crippen LogP contribution in [0.4, 0.5) is 10.2 Å². The predicted octanol–water partition coefficient (Wildman–Crippen LogP) is 0.152. The maximum Gasteiger partial charge on any atom is 0.335 e. The fraction of sp³-hybridized carbons (Fsp3) is 0.462. The Kier molecular flexibility index (Phi) is 6.56. The van der Waals surface area contributed by atoms with Crippen LogP contribution in [-0.2, 0) is 18.4 Å². The lowest BCUT2D eigenvalue weighted by molar-refractivity contribution is -0.00166. The number of halogens is 1. The van der Waals surface area contributed by atoms with Gasteiger partial charge >= 0.3 is 7.60 Å². The Morgan fingerprint density at radius 1 is 1.16 bits per heavy atom. The normalized spacial score (nSPS) is 28.7. The van der Waals surface area contributed by atoms with Crippen LogP contribution >= 0.6 is 22.3 Å². The lowest BCUT2D eigenvalue weighted by Gasteiger charge is -2.16. The summed E-state index contributed by atoms with van der Waals surface area (Å²) in [5.41, 5.74) is 5.97. The van der Waals surface area contributed by atoms with E-state index < -0.39 is 58.7 Å². The van der Waals surface area contributed by atoms with E-state index in [1.165, 1.54) is 6.33 Å². The maximum atomic E-state index is 14.7. The molecular weight excluding hydrogens is 482 g/mol. The molecular formula is C13H19FN5O9P3. The highest BCUT2D eigenvalue weighted by atomic mass is 31.3. The number of hydrogen-bond donors (Lipinski definition) is 6. The minimum absolute atomic E-state index is 0.0408. The number of nitrogens with zero attached hydrogens (tertiary/aromatic N) is 4. The summed E-state index contributed by atoms with van der Waals surface area (Å²) < 4.78 is 56.2. The van der Waals surface area contributed by atoms with Crippen molar-refractivity contribution in [2.24, 2.45) is 0 Å². The van der Waals surface area contributed by atoms with Gasteiger partial charge < -0.3 is 35.2 Å². The Bertz CT molecular complexity index is 1150. The number of nitrogens with two attached hydrogens (primary N) is 1. The quantitative estimate of drug-likeness (QED) is 0.278. The van der Waals surface area contributed by atoms with Crippen LogP contribution in [0.15, 0.2) is 24.5 Å². The molecule has 0 aliphatic carbocycles. The molecule has 172 valence electrons. The minimum atomic E-state index is -4.90. The Morgan fingerprint density at radius 3 is 2.48 bits per heavy atom. The van der Waals surface area contributed by atoms with Crippen molar-refractivity contribution in [3.8, 4) is 0 Å². The number of alkyl halides is 1. The lowest BCUT2D eigenvalue weighted by Crippen LogP contribution is -2.27. The van der Waals surface area contributed by atoms with E-state index in [-0.39, 0.29) is 17.0 Å². The number of anilines is 1. The Balaban J connectivity index is 1.77. The van der Waals surface area contributed by atoms with Gasteiger partial charge in [-0.05, 0) is 11.9 Å². The van der Waals surface area contributed by atoms with Gasteiger partial charge in [0.15, 0.2) is 23.9 Å². The number of aliphatic hydroxyl groups is 1. The summed E-state index contributed by atoms with van der Waals surface area (Å²) in [5, 5.41) is 10.1. The van der Waals surface area contributed by atoms with Gasteiger partial charge in [0, 0.05) is 0 Å². The van der Waals surface area contributed by atoms with Crippen molar-refractivity contribution in [2.75, 3.05) is 17.5 Å². The molecule has 7 N–H and O–H groups in total. The van der Waals surface area contributed by atoms with Crippen molar-refractivity contribution in [3.63, 3.8) is 0 Å². The van der Waals surface area contributed by atoms with Crippen LogP contribution in [0.5, 0.6) is 0 Å². The average molecular weight is 501 g/mol. The molecule has 31 heavy (non-hydrogen) atoms. The summed E-state index contributed by atoms with van der Waals surface area (Å²) in [6.45, 7) is 0. The number of fused-ring (bicyclic) bond motifs is 1. The highest BCUT2D eigenvalue weighted by Gasteiger charge is 2.45. The molecule has 18 heteroatoms. The number of aliphatic hydroxyl groups excluding tert-OH is 1. The van der Waals surface area contributed by atoms with Crippen molar-refractivity contribution in [2.45, 2.75) is 24.6 Å². The molecule has 0 amide bonds. The van der Waals surface area contributed by atoms with E-state index in [1.807, 2.05) is 0 Å². The number of hydrogen-bond acceptors (Lipinski definition) is 9. The SMILES string of the molecule is Nc1ncnc2c1ncn2[C@@H]1O[C@H](/C=C/P(=O)(O)CP(=O)(O)CP(=O)(O)O)[C@@H](O)[C@H]1F. The Morgan fingerprint density at radius 2 is 1.84 bits per heavy atom. The van der Waals surface area contributed by atoms with Crippen LogP contribution in [0, 0.1) is 0 Å². The molecule has 0 aromatic carbocycles. The summed E-state index contributed by atoms with van der Waals surface area (Å²) in [4.78, 5) is 48.7. The van der Waals surface area contributed by atoms with Crippen LogP contribution in [0.3, 0.4) is 0 Å². The van der Waals surface area contributed by atoms with Gasteiger partial charge in [0.05, 0.1) is 6.33 Å². The first-order valence-electron chi connectivity index (χ1n) is 8.46. The smallest absolute Gasteiger partial charge is 0.335 e. The van der Waals surface area contributed by atoms with Crippen LogP contribution in [-0.4, -0.2) is 74.4 Å². The van der Waals surface area contributed by atoms with Gasteiger partial charge in [0.25, 0.3) is 0 Å². The van der Waals surface area contributed by atoms with Gasteiger partial charge in [-0.15, -0.1) is 0 Å². The van der Waals surface area contributed by atoms with Gasteiger partial charge in [0.2, 0.25) is 14.7 Å². The van der Waals surface area contributed by atoms with E-state index in [0.29, 0.717) is 5.82 Å². The van der Waals surface area contributed by atoms with E-state index in [9.17, 15) is 33.0 Å². The van der Waals surface area contributed by atoms with Gasteiger partial charge in [-0.2, -0.15) is 0 Å². The number of aromatic nitrogens is 4. The van der Waals surface area contributed by atoms with Gasteiger partial charge in [0.1, 0.15) is 35.9 Å². The van der Waals surface area contributed by atoms with Crippen molar-refractivity contribution in [3.05, 3.63) is 24.5 Å². The topological polar surface area (TPSA) is 231 Å². The second-order valence-electron chi connectivity index (χ2n) is 6.90. The van der Waals surface area contributed by atoms with Crippen LogP contribution in [0.25, 0.3) is 11.2 Å². The third-order valence-corrected chi connectivity index (χ3v) is 11.5. The first-order chi connectivity index (χ1) is 14.2. The summed E-state index contributed by atoms with van der Waals surface area (Å²) >= 11 is 0. The van der Waals surface area contributed by atoms with Gasteiger partial charge in [-0.1, -0.05) is 0 Å². The van der Waals surface area contributed by atoms with E-state index in [2.05, 4.69) is 15.0 Å². The molecule has 3 heterocycles. The fourth-order valence-electron chi connectivity index (χ4n) is 3.02. The first-order valence-corrected chi connectivity index (χ1v) is 14.2. The second kappa shape index (κ2) is 8.43. The minimum Gasteiger partial charge on any atom is -0.387 e. The number of rotatable bonds is 7. The molecule has 2 unspecified atom stereocenters. The summed E-state index contributed by atoms with van der Waals surface area (Å²) in [7, 11) is -14.1. The Hall–Kier alpha value is -1.53. The second-order valence-corrected chi connectivity index (χ2v) is 14.0. The standard InChI is InChI=1S/C13H19FN5O9P3/c14-8-10(20)7(1-2-29(21,22)5-30(23,24)6-31(25,26)27)28-13(8)19-4-18-9-11(15)16-3-17-12(9)19/h1-4,7-8,10,13,20H,5-6H2,(H,21,22)(H,23,24)(H2,15,16,17)(H2,25,26,27)/b2-1+/t7-,8-,10-,13-/m1/s1. The Labute approximate surface area is 173 Å². The maximum absolute atomic E-state index is 14.7. The molecule has 0 bridgehead atoms. The summed E-state index contributed by atoms with van der Waals surface area (Å²) in [6.07, 6.45) is -3.46. The molecule has 14 nitrogen and oxygen atoms in total. The van der Waals surface area contributed by atoms with Gasteiger partial charge in [-0.3, -0.25) is 18.3 Å². The number of nitrogen functional groups attached to an aromatic ring is 1. The van der Waals surface area contributed by atoms with E-state index in [0.717, 1.165) is 17.0 Å². The summed E-state index contributed by atoms with van der Waals surface area (Å²) in [5.74, 6) is -2.17. The van der Waals surface area contributed by atoms with Crippen molar-refractivity contribution in [1.82, 2.24) is 19.5 Å². The monoisotopic (exact) mass is 501 g/mol. The zero-order chi connectivity index (χ0) is 23.2.